The Morgan fingerprint density at radius 1 is 1.40 bits per heavy atom. The third kappa shape index (κ3) is 3.28. The molecule has 0 saturated carbocycles. The van der Waals surface area contributed by atoms with Gasteiger partial charge in [-0.15, -0.1) is 0 Å². The van der Waals surface area contributed by atoms with Gasteiger partial charge in [0.1, 0.15) is 10.7 Å². The number of nitrogens with one attached hydrogen (secondary N) is 1. The molecule has 20 heavy (non-hydrogen) atoms. The molecule has 3 N–H and O–H groups in total. The Morgan fingerprint density at radius 3 is 2.60 bits per heavy atom. The second-order valence-electron chi connectivity index (χ2n) is 4.99. The highest BCUT2D eigenvalue weighted by atomic mass is 32.2. The van der Waals surface area contributed by atoms with E-state index < -0.39 is 20.7 Å². The molecule has 1 fully saturated rings. The zero-order valence-electron chi connectivity index (χ0n) is 11.5. The van der Waals surface area contributed by atoms with Crippen molar-refractivity contribution >= 4 is 15.7 Å². The third-order valence-electron chi connectivity index (χ3n) is 3.62. The fraction of sp³-hybridized carbons (Fsp3) is 0.538. The molecule has 7 heteroatoms. The minimum atomic E-state index is -3.91. The van der Waals surface area contributed by atoms with Gasteiger partial charge in [0.2, 0.25) is 10.0 Å². The lowest BCUT2D eigenvalue weighted by molar-refractivity contribution is 0.217. The summed E-state index contributed by atoms with van der Waals surface area (Å²) in [6, 6.07) is 3.72. The molecule has 0 aromatic heterocycles. The molecule has 0 amide bonds. The Balaban J connectivity index is 2.12. The first-order valence-electron chi connectivity index (χ1n) is 6.72. The second kappa shape index (κ2) is 6.07. The second-order valence-corrected chi connectivity index (χ2v) is 6.64. The number of rotatable bonds is 4. The topological polar surface area (TPSA) is 75.4 Å². The fourth-order valence-corrected chi connectivity index (χ4v) is 3.95. The van der Waals surface area contributed by atoms with Crippen LogP contribution in [-0.2, 0) is 10.0 Å². The molecule has 112 valence electrons. The van der Waals surface area contributed by atoms with Crippen molar-refractivity contribution in [2.24, 2.45) is 0 Å². The monoisotopic (exact) mass is 301 g/mol. The third-order valence-corrected chi connectivity index (χ3v) is 5.23. The summed E-state index contributed by atoms with van der Waals surface area (Å²) >= 11 is 0. The van der Waals surface area contributed by atoms with E-state index in [2.05, 4.69) is 16.5 Å². The van der Waals surface area contributed by atoms with Gasteiger partial charge in [-0.05, 0) is 44.6 Å². The molecule has 1 aliphatic heterocycles. The van der Waals surface area contributed by atoms with Gasteiger partial charge < -0.3 is 10.6 Å². The smallest absolute Gasteiger partial charge is 0.245 e. The highest BCUT2D eigenvalue weighted by Gasteiger charge is 2.27. The van der Waals surface area contributed by atoms with E-state index in [0.29, 0.717) is 0 Å². The molecule has 2 rings (SSSR count). The summed E-state index contributed by atoms with van der Waals surface area (Å²) in [6.07, 6.45) is 1.45. The van der Waals surface area contributed by atoms with Crippen LogP contribution < -0.4 is 10.5 Å². The van der Waals surface area contributed by atoms with Crippen molar-refractivity contribution in [3.8, 4) is 0 Å². The first-order valence-corrected chi connectivity index (χ1v) is 8.21. The van der Waals surface area contributed by atoms with Gasteiger partial charge in [0, 0.05) is 6.04 Å². The molecular formula is C13H20FN3O2S. The Bertz CT molecular complexity index is 549. The Kier molecular flexibility index (Phi) is 4.62. The van der Waals surface area contributed by atoms with E-state index in [1.165, 1.54) is 12.1 Å². The van der Waals surface area contributed by atoms with Crippen LogP contribution in [0.15, 0.2) is 23.1 Å². The molecule has 0 radical (unpaired) electrons. The van der Waals surface area contributed by atoms with E-state index in [-0.39, 0.29) is 11.7 Å². The van der Waals surface area contributed by atoms with Crippen LogP contribution in [0.3, 0.4) is 0 Å². The Morgan fingerprint density at radius 2 is 2.05 bits per heavy atom. The van der Waals surface area contributed by atoms with Gasteiger partial charge >= 0.3 is 0 Å². The van der Waals surface area contributed by atoms with Gasteiger partial charge in [0.25, 0.3) is 0 Å². The number of nitrogens with two attached hydrogens (primary N) is 1. The van der Waals surface area contributed by atoms with E-state index in [1.54, 1.807) is 0 Å². The lowest BCUT2D eigenvalue weighted by Gasteiger charge is -2.31. The Labute approximate surface area is 119 Å². The number of likely N-dealkylation sites (tertiary alicyclic amines) is 1. The van der Waals surface area contributed by atoms with Crippen LogP contribution in [0.1, 0.15) is 19.8 Å². The fourth-order valence-electron chi connectivity index (χ4n) is 2.45. The number of halogens is 1. The summed E-state index contributed by atoms with van der Waals surface area (Å²) in [5, 5.41) is 0. The highest BCUT2D eigenvalue weighted by Crippen LogP contribution is 2.23. The summed E-state index contributed by atoms with van der Waals surface area (Å²) < 4.78 is 40.8. The molecule has 0 bridgehead atoms. The van der Waals surface area contributed by atoms with Gasteiger partial charge in [-0.1, -0.05) is 13.0 Å². The predicted molar refractivity (Wildman–Crippen MR) is 76.3 cm³/mol. The van der Waals surface area contributed by atoms with Crippen LogP contribution in [0.25, 0.3) is 0 Å². The average Bonchev–Trinajstić information content (AvgIpc) is 2.38. The lowest BCUT2D eigenvalue weighted by atomic mass is 10.1. The van der Waals surface area contributed by atoms with Crippen molar-refractivity contribution in [3.63, 3.8) is 0 Å². The zero-order valence-corrected chi connectivity index (χ0v) is 12.3. The van der Waals surface area contributed by atoms with Gasteiger partial charge in [-0.3, -0.25) is 0 Å². The van der Waals surface area contributed by atoms with Crippen molar-refractivity contribution in [3.05, 3.63) is 24.0 Å². The van der Waals surface area contributed by atoms with Crippen LogP contribution >= 0.6 is 0 Å². The number of hydrogen-bond donors (Lipinski definition) is 2. The predicted octanol–water partition coefficient (Wildman–Crippen LogP) is 1.17. The van der Waals surface area contributed by atoms with Crippen molar-refractivity contribution in [2.45, 2.75) is 30.7 Å². The summed E-state index contributed by atoms with van der Waals surface area (Å²) in [6.45, 7) is 4.72. The van der Waals surface area contributed by atoms with Crippen LogP contribution in [0.4, 0.5) is 10.1 Å². The maximum Gasteiger partial charge on any atom is 0.245 e. The molecular weight excluding hydrogens is 281 g/mol. The molecule has 0 atom stereocenters. The quantitative estimate of drug-likeness (QED) is 0.819. The first-order chi connectivity index (χ1) is 9.44. The average molecular weight is 301 g/mol. The molecule has 0 spiro atoms. The van der Waals surface area contributed by atoms with E-state index in [9.17, 15) is 12.8 Å². The summed E-state index contributed by atoms with van der Waals surface area (Å²) in [5.41, 5.74) is 5.52. The summed E-state index contributed by atoms with van der Waals surface area (Å²) in [5.74, 6) is -0.816. The minimum absolute atomic E-state index is 0.0662. The number of sulfonamides is 1. The van der Waals surface area contributed by atoms with Gasteiger partial charge in [0.15, 0.2) is 0 Å². The van der Waals surface area contributed by atoms with Crippen molar-refractivity contribution in [1.82, 2.24) is 9.62 Å². The minimum Gasteiger partial charge on any atom is -0.398 e. The molecule has 1 heterocycles. The summed E-state index contributed by atoms with van der Waals surface area (Å²) in [7, 11) is -3.91. The molecule has 1 aromatic carbocycles. The Hall–Kier alpha value is -1.18. The number of anilines is 1. The highest BCUT2D eigenvalue weighted by molar-refractivity contribution is 7.89. The van der Waals surface area contributed by atoms with Crippen molar-refractivity contribution in [2.75, 3.05) is 25.4 Å². The first kappa shape index (κ1) is 15.2. The molecule has 1 saturated heterocycles. The van der Waals surface area contributed by atoms with Crippen molar-refractivity contribution < 1.29 is 12.8 Å². The number of nitrogen functional groups attached to an aromatic ring is 1. The molecule has 0 unspecified atom stereocenters. The van der Waals surface area contributed by atoms with Crippen LogP contribution in [0.5, 0.6) is 0 Å². The van der Waals surface area contributed by atoms with Gasteiger partial charge in [-0.25, -0.2) is 17.5 Å². The molecule has 1 aliphatic rings. The largest absolute Gasteiger partial charge is 0.398 e. The van der Waals surface area contributed by atoms with E-state index in [0.717, 1.165) is 38.5 Å². The van der Waals surface area contributed by atoms with E-state index >= 15 is 0 Å². The lowest BCUT2D eigenvalue weighted by Crippen LogP contribution is -2.44. The maximum absolute atomic E-state index is 13.7. The van der Waals surface area contributed by atoms with E-state index in [1.807, 2.05) is 0 Å². The molecule has 0 aliphatic carbocycles. The van der Waals surface area contributed by atoms with Gasteiger partial charge in [-0.2, -0.15) is 0 Å². The van der Waals surface area contributed by atoms with E-state index in [4.69, 9.17) is 5.73 Å². The van der Waals surface area contributed by atoms with Gasteiger partial charge in [0.05, 0.1) is 5.69 Å². The number of hydrogen-bond acceptors (Lipinski definition) is 4. The molecule has 1 aromatic rings. The number of benzene rings is 1. The van der Waals surface area contributed by atoms with Crippen LogP contribution in [0.2, 0.25) is 0 Å². The number of nitrogens with zero attached hydrogens (tertiary/aromatic N) is 1. The van der Waals surface area contributed by atoms with Crippen molar-refractivity contribution in [1.29, 1.82) is 0 Å². The number of piperidine rings is 1. The van der Waals surface area contributed by atoms with Crippen LogP contribution in [-0.4, -0.2) is 39.0 Å². The standard InChI is InChI=1S/C13H20FN3O2S/c1-2-17-8-6-10(7-9-17)16-20(18,19)13-11(14)4-3-5-12(13)15/h3-5,10,16H,2,6-9,15H2,1H3. The molecule has 5 nitrogen and oxygen atoms in total. The maximum atomic E-state index is 13.7. The summed E-state index contributed by atoms with van der Waals surface area (Å²) in [4.78, 5) is 1.81. The van der Waals surface area contributed by atoms with Crippen LogP contribution in [0, 0.1) is 5.82 Å². The SMILES string of the molecule is CCN1CCC(NS(=O)(=O)c2c(N)cccc2F)CC1. The normalized spacial score (nSPS) is 18.3. The zero-order chi connectivity index (χ0) is 14.8.